The van der Waals surface area contributed by atoms with Crippen molar-refractivity contribution in [3.05, 3.63) is 42.0 Å². The van der Waals surface area contributed by atoms with Crippen molar-refractivity contribution in [3.8, 4) is 5.75 Å². The molecule has 1 aromatic rings. The number of phenolic OH excluding ortho intramolecular Hbond substituents is 1. The summed E-state index contributed by atoms with van der Waals surface area (Å²) in [4.78, 5) is 12.6. The zero-order chi connectivity index (χ0) is 15.9. The largest absolute Gasteiger partial charge is 0.507 e. The number of Topliss-reactive ketones (excluding diaryl/α,β-unsaturated/α-hetero) is 1. The third kappa shape index (κ3) is 4.27. The Morgan fingerprint density at radius 2 is 1.86 bits per heavy atom. The van der Waals surface area contributed by atoms with Crippen molar-refractivity contribution in [2.24, 2.45) is 0 Å². The summed E-state index contributed by atoms with van der Waals surface area (Å²) in [5.74, 6) is -0.645. The van der Waals surface area contributed by atoms with E-state index in [1.807, 2.05) is 0 Å². The molecule has 1 N–H and O–H groups in total. The van der Waals surface area contributed by atoms with Crippen LogP contribution in [-0.2, 0) is 13.6 Å². The molecule has 1 aromatic carbocycles. The van der Waals surface area contributed by atoms with Crippen molar-refractivity contribution in [3.63, 3.8) is 0 Å². The Labute approximate surface area is 125 Å². The standard InChI is InChI=1S/C15H21O5P/c1-4-9-14(21(18,19-5-2)20-6-3)15(17)12-10-7-8-11-13(12)16/h4,7-11,14,16H,5-6H2,1-3H3/b9-4+. The monoisotopic (exact) mass is 312 g/mol. The van der Waals surface area contributed by atoms with Gasteiger partial charge in [-0.15, -0.1) is 0 Å². The highest BCUT2D eigenvalue weighted by molar-refractivity contribution is 7.56. The van der Waals surface area contributed by atoms with Crippen LogP contribution in [0.3, 0.4) is 0 Å². The second kappa shape index (κ2) is 8.13. The molecule has 116 valence electrons. The number of rotatable bonds is 8. The normalized spacial score (nSPS) is 13.5. The van der Waals surface area contributed by atoms with Gasteiger partial charge in [0.15, 0.2) is 5.78 Å². The minimum atomic E-state index is -3.63. The maximum Gasteiger partial charge on any atom is 0.345 e. The first-order chi connectivity index (χ1) is 10.00. The topological polar surface area (TPSA) is 72.8 Å². The minimum absolute atomic E-state index is 0.0974. The van der Waals surface area contributed by atoms with Gasteiger partial charge in [-0.1, -0.05) is 24.3 Å². The first kappa shape index (κ1) is 17.6. The molecular formula is C15H21O5P. The first-order valence-electron chi connectivity index (χ1n) is 6.84. The maximum absolute atomic E-state index is 12.8. The summed E-state index contributed by atoms with van der Waals surface area (Å²) in [5.41, 5.74) is -0.976. The number of benzene rings is 1. The lowest BCUT2D eigenvalue weighted by Crippen LogP contribution is -2.22. The molecule has 0 radical (unpaired) electrons. The van der Waals surface area contributed by atoms with Crippen LogP contribution in [0.15, 0.2) is 36.4 Å². The number of aromatic hydroxyl groups is 1. The molecule has 0 fully saturated rings. The SMILES string of the molecule is C/C=C/C(C(=O)c1ccccc1O)P(=O)(OCC)OCC. The van der Waals surface area contributed by atoms with E-state index in [9.17, 15) is 14.5 Å². The molecule has 0 spiro atoms. The molecule has 5 nitrogen and oxygen atoms in total. The number of phenols is 1. The molecule has 0 aliphatic rings. The van der Waals surface area contributed by atoms with Crippen LogP contribution in [0, 0.1) is 0 Å². The molecule has 1 atom stereocenters. The summed E-state index contributed by atoms with van der Waals surface area (Å²) < 4.78 is 23.3. The van der Waals surface area contributed by atoms with Crippen molar-refractivity contribution in [1.82, 2.24) is 0 Å². The van der Waals surface area contributed by atoms with Crippen molar-refractivity contribution in [2.45, 2.75) is 26.4 Å². The van der Waals surface area contributed by atoms with Gasteiger partial charge < -0.3 is 14.2 Å². The zero-order valence-corrected chi connectivity index (χ0v) is 13.4. The van der Waals surface area contributed by atoms with Crippen LogP contribution in [0.25, 0.3) is 0 Å². The Hall–Kier alpha value is -1.42. The van der Waals surface area contributed by atoms with Gasteiger partial charge in [0.25, 0.3) is 0 Å². The quantitative estimate of drug-likeness (QED) is 0.449. The predicted octanol–water partition coefficient (Wildman–Crippen LogP) is 3.79. The van der Waals surface area contributed by atoms with Crippen LogP contribution in [0.4, 0.5) is 0 Å². The molecule has 0 aromatic heterocycles. The molecule has 1 rings (SSSR count). The third-order valence-electron chi connectivity index (χ3n) is 2.77. The number of hydrogen-bond acceptors (Lipinski definition) is 5. The average Bonchev–Trinajstić information content (AvgIpc) is 2.45. The molecule has 21 heavy (non-hydrogen) atoms. The van der Waals surface area contributed by atoms with Crippen LogP contribution >= 0.6 is 7.60 Å². The molecule has 0 amide bonds. The molecule has 0 saturated heterocycles. The summed E-state index contributed by atoms with van der Waals surface area (Å²) in [5, 5.41) is 9.81. The van der Waals surface area contributed by atoms with E-state index in [2.05, 4.69) is 0 Å². The van der Waals surface area contributed by atoms with Crippen molar-refractivity contribution in [1.29, 1.82) is 0 Å². The van der Waals surface area contributed by atoms with Gasteiger partial charge in [0.1, 0.15) is 11.4 Å². The summed E-state index contributed by atoms with van der Waals surface area (Å²) in [6.45, 7) is 5.41. The second-order valence-electron chi connectivity index (χ2n) is 4.23. The van der Waals surface area contributed by atoms with Crippen LogP contribution in [-0.4, -0.2) is 29.8 Å². The van der Waals surface area contributed by atoms with E-state index in [-0.39, 0.29) is 24.5 Å². The van der Waals surface area contributed by atoms with Gasteiger partial charge in [-0.2, -0.15) is 0 Å². The summed E-state index contributed by atoms with van der Waals surface area (Å²) in [6.07, 6.45) is 3.11. The van der Waals surface area contributed by atoms with Crippen LogP contribution in [0.2, 0.25) is 0 Å². The molecule has 0 aliphatic heterocycles. The van der Waals surface area contributed by atoms with Gasteiger partial charge in [0.2, 0.25) is 0 Å². The van der Waals surface area contributed by atoms with E-state index in [0.29, 0.717) is 0 Å². The van der Waals surface area contributed by atoms with Gasteiger partial charge in [-0.25, -0.2) is 0 Å². The van der Waals surface area contributed by atoms with E-state index in [1.54, 1.807) is 39.0 Å². The van der Waals surface area contributed by atoms with E-state index < -0.39 is 19.0 Å². The van der Waals surface area contributed by atoms with Crippen molar-refractivity contribution in [2.75, 3.05) is 13.2 Å². The zero-order valence-electron chi connectivity index (χ0n) is 12.5. The number of hydrogen-bond donors (Lipinski definition) is 1. The number of carbonyl (C=O) groups excluding carboxylic acids is 1. The first-order valence-corrected chi connectivity index (χ1v) is 8.45. The smallest absolute Gasteiger partial charge is 0.345 e. The number of para-hydroxylation sites is 1. The molecule has 6 heteroatoms. The van der Waals surface area contributed by atoms with Crippen molar-refractivity contribution >= 4 is 13.4 Å². The fourth-order valence-electron chi connectivity index (χ4n) is 1.92. The van der Waals surface area contributed by atoms with E-state index in [4.69, 9.17) is 9.05 Å². The highest BCUT2D eigenvalue weighted by Crippen LogP contribution is 2.54. The lowest BCUT2D eigenvalue weighted by molar-refractivity contribution is 0.0980. The second-order valence-corrected chi connectivity index (χ2v) is 6.38. The Balaban J connectivity index is 3.25. The summed E-state index contributed by atoms with van der Waals surface area (Å²) in [7, 11) is -3.63. The highest BCUT2D eigenvalue weighted by atomic mass is 31.2. The van der Waals surface area contributed by atoms with Gasteiger partial charge in [-0.05, 0) is 32.9 Å². The van der Waals surface area contributed by atoms with Crippen LogP contribution in [0.1, 0.15) is 31.1 Å². The Morgan fingerprint density at radius 3 is 2.33 bits per heavy atom. The maximum atomic E-state index is 12.8. The molecule has 0 heterocycles. The molecule has 0 bridgehead atoms. The van der Waals surface area contributed by atoms with Crippen LogP contribution < -0.4 is 0 Å². The minimum Gasteiger partial charge on any atom is -0.507 e. The van der Waals surface area contributed by atoms with Crippen LogP contribution in [0.5, 0.6) is 5.75 Å². The van der Waals surface area contributed by atoms with E-state index >= 15 is 0 Å². The lowest BCUT2D eigenvalue weighted by Gasteiger charge is -2.23. The average molecular weight is 312 g/mol. The van der Waals surface area contributed by atoms with E-state index in [0.717, 1.165) is 0 Å². The van der Waals surface area contributed by atoms with Gasteiger partial charge >= 0.3 is 7.60 Å². The summed E-state index contributed by atoms with van der Waals surface area (Å²) >= 11 is 0. The molecule has 0 saturated carbocycles. The predicted molar refractivity (Wildman–Crippen MR) is 81.9 cm³/mol. The Bertz CT molecular complexity index is 543. The number of allylic oxidation sites excluding steroid dienone is 2. The van der Waals surface area contributed by atoms with Gasteiger partial charge in [0.05, 0.1) is 18.8 Å². The third-order valence-corrected chi connectivity index (χ3v) is 5.10. The van der Waals surface area contributed by atoms with Gasteiger partial charge in [0, 0.05) is 0 Å². The molecule has 0 aliphatic carbocycles. The van der Waals surface area contributed by atoms with E-state index in [1.165, 1.54) is 18.2 Å². The number of ketones is 1. The summed E-state index contributed by atoms with van der Waals surface area (Å²) in [6, 6.07) is 6.13. The Morgan fingerprint density at radius 1 is 1.29 bits per heavy atom. The number of carbonyl (C=O) groups is 1. The van der Waals surface area contributed by atoms with Crippen molar-refractivity contribution < 1.29 is 23.5 Å². The molecular weight excluding hydrogens is 291 g/mol. The highest BCUT2D eigenvalue weighted by Gasteiger charge is 2.40. The fraction of sp³-hybridized carbons (Fsp3) is 0.400. The fourth-order valence-corrected chi connectivity index (χ4v) is 3.84. The van der Waals surface area contributed by atoms with Gasteiger partial charge in [-0.3, -0.25) is 9.36 Å². The lowest BCUT2D eigenvalue weighted by atomic mass is 10.1. The molecule has 1 unspecified atom stereocenters. The Kier molecular flexibility index (Phi) is 6.82.